The molecular weight excluding hydrogens is 310 g/mol. The van der Waals surface area contributed by atoms with E-state index in [1.165, 1.54) is 0 Å². The van der Waals surface area contributed by atoms with E-state index in [9.17, 15) is 9.90 Å². The largest absolute Gasteiger partial charge is 0.466 e. The Bertz CT molecular complexity index is 411. The molecule has 0 heterocycles. The van der Waals surface area contributed by atoms with E-state index in [2.05, 4.69) is 21.2 Å². The summed E-state index contributed by atoms with van der Waals surface area (Å²) in [5.41, 5.74) is 1.12. The first-order valence-electron chi connectivity index (χ1n) is 6.35. The third-order valence-corrected chi connectivity index (χ3v) is 3.21. The molecule has 2 atom stereocenters. The lowest BCUT2D eigenvalue weighted by Crippen LogP contribution is -2.31. The first kappa shape index (κ1) is 16.1. The fraction of sp³-hybridized carbons (Fsp3) is 0.500. The SMILES string of the molecule is CCOC(=O)CC(O)CN[C@H](C)c1cccc(Br)c1. The van der Waals surface area contributed by atoms with E-state index in [0.717, 1.165) is 10.0 Å². The summed E-state index contributed by atoms with van der Waals surface area (Å²) in [4.78, 5) is 11.2. The van der Waals surface area contributed by atoms with Gasteiger partial charge in [0.1, 0.15) is 0 Å². The zero-order valence-corrected chi connectivity index (χ0v) is 12.8. The normalized spacial score (nSPS) is 13.9. The molecule has 0 fully saturated rings. The predicted octanol–water partition coefficient (Wildman–Crippen LogP) is 2.41. The number of halogens is 1. The quantitative estimate of drug-likeness (QED) is 0.754. The van der Waals surface area contributed by atoms with Gasteiger partial charge in [-0.25, -0.2) is 0 Å². The highest BCUT2D eigenvalue weighted by atomic mass is 79.9. The summed E-state index contributed by atoms with van der Waals surface area (Å²) in [6.07, 6.45) is -0.708. The summed E-state index contributed by atoms with van der Waals surface area (Å²) >= 11 is 3.42. The number of carbonyl (C=O) groups excluding carboxylic acids is 1. The van der Waals surface area contributed by atoms with Gasteiger partial charge in [-0.1, -0.05) is 28.1 Å². The summed E-state index contributed by atoms with van der Waals surface area (Å²) in [7, 11) is 0. The molecule has 0 aromatic heterocycles. The number of benzene rings is 1. The average molecular weight is 330 g/mol. The molecular formula is C14H20BrNO3. The molecule has 4 nitrogen and oxygen atoms in total. The molecule has 106 valence electrons. The number of esters is 1. The van der Waals surface area contributed by atoms with Crippen LogP contribution in [-0.2, 0) is 9.53 Å². The monoisotopic (exact) mass is 329 g/mol. The first-order valence-corrected chi connectivity index (χ1v) is 7.14. The second-order valence-electron chi connectivity index (χ2n) is 4.35. The molecule has 1 aromatic rings. The van der Waals surface area contributed by atoms with Crippen LogP contribution in [0.25, 0.3) is 0 Å². The van der Waals surface area contributed by atoms with Gasteiger partial charge in [0.05, 0.1) is 19.1 Å². The lowest BCUT2D eigenvalue weighted by Gasteiger charge is -2.17. The van der Waals surface area contributed by atoms with Gasteiger partial charge in [-0.05, 0) is 31.5 Å². The van der Waals surface area contributed by atoms with Crippen LogP contribution in [0.3, 0.4) is 0 Å². The summed E-state index contributed by atoms with van der Waals surface area (Å²) in [6.45, 7) is 4.46. The number of rotatable bonds is 7. The van der Waals surface area contributed by atoms with E-state index in [0.29, 0.717) is 13.2 Å². The van der Waals surface area contributed by atoms with Gasteiger partial charge >= 0.3 is 5.97 Å². The highest BCUT2D eigenvalue weighted by Crippen LogP contribution is 2.17. The topological polar surface area (TPSA) is 58.6 Å². The van der Waals surface area contributed by atoms with Crippen molar-refractivity contribution in [3.05, 3.63) is 34.3 Å². The Hall–Kier alpha value is -0.910. The second kappa shape index (κ2) is 8.30. The molecule has 1 rings (SSSR count). The van der Waals surface area contributed by atoms with Crippen molar-refractivity contribution in [1.82, 2.24) is 5.32 Å². The van der Waals surface area contributed by atoms with Crippen molar-refractivity contribution in [2.75, 3.05) is 13.2 Å². The molecule has 0 aliphatic carbocycles. The van der Waals surface area contributed by atoms with Gasteiger partial charge in [0.2, 0.25) is 0 Å². The van der Waals surface area contributed by atoms with Gasteiger partial charge in [-0.3, -0.25) is 4.79 Å². The Labute approximate surface area is 122 Å². The van der Waals surface area contributed by atoms with Crippen molar-refractivity contribution < 1.29 is 14.6 Å². The van der Waals surface area contributed by atoms with E-state index >= 15 is 0 Å². The van der Waals surface area contributed by atoms with Crippen molar-refractivity contribution in [3.63, 3.8) is 0 Å². The minimum atomic E-state index is -0.728. The maximum Gasteiger partial charge on any atom is 0.308 e. The molecule has 0 aliphatic rings. The third kappa shape index (κ3) is 6.18. The third-order valence-electron chi connectivity index (χ3n) is 2.72. The van der Waals surface area contributed by atoms with Crippen LogP contribution in [0, 0.1) is 0 Å². The maximum atomic E-state index is 11.2. The van der Waals surface area contributed by atoms with Crippen molar-refractivity contribution >= 4 is 21.9 Å². The van der Waals surface area contributed by atoms with Crippen LogP contribution in [0.15, 0.2) is 28.7 Å². The van der Waals surface area contributed by atoms with Gasteiger partial charge in [0.15, 0.2) is 0 Å². The number of nitrogens with one attached hydrogen (secondary N) is 1. The molecule has 0 radical (unpaired) electrons. The van der Waals surface area contributed by atoms with Crippen molar-refractivity contribution in [2.24, 2.45) is 0 Å². The molecule has 5 heteroatoms. The number of ether oxygens (including phenoxy) is 1. The maximum absolute atomic E-state index is 11.2. The second-order valence-corrected chi connectivity index (χ2v) is 5.26. The van der Waals surface area contributed by atoms with Gasteiger partial charge in [-0.2, -0.15) is 0 Å². The minimum absolute atomic E-state index is 0.0199. The van der Waals surface area contributed by atoms with E-state index in [4.69, 9.17) is 4.74 Å². The number of hydrogen-bond donors (Lipinski definition) is 2. The van der Waals surface area contributed by atoms with Crippen LogP contribution in [0.5, 0.6) is 0 Å². The van der Waals surface area contributed by atoms with Crippen LogP contribution in [0.4, 0.5) is 0 Å². The van der Waals surface area contributed by atoms with Gasteiger partial charge in [0.25, 0.3) is 0 Å². The molecule has 1 aromatic carbocycles. The lowest BCUT2D eigenvalue weighted by atomic mass is 10.1. The van der Waals surface area contributed by atoms with Crippen LogP contribution in [0.1, 0.15) is 31.9 Å². The van der Waals surface area contributed by atoms with Gasteiger partial charge in [0, 0.05) is 17.1 Å². The van der Waals surface area contributed by atoms with Crippen LogP contribution >= 0.6 is 15.9 Å². The van der Waals surface area contributed by atoms with E-state index in [1.54, 1.807) is 6.92 Å². The first-order chi connectivity index (χ1) is 9.02. The molecule has 0 saturated carbocycles. The molecule has 0 bridgehead atoms. The standard InChI is InChI=1S/C14H20BrNO3/c1-3-19-14(18)8-13(17)9-16-10(2)11-5-4-6-12(15)7-11/h4-7,10,13,16-17H,3,8-9H2,1-2H3/t10-,13?/m1/s1. The van der Waals surface area contributed by atoms with E-state index in [1.807, 2.05) is 31.2 Å². The van der Waals surface area contributed by atoms with Gasteiger partial charge in [-0.15, -0.1) is 0 Å². The van der Waals surface area contributed by atoms with Crippen LogP contribution in [0.2, 0.25) is 0 Å². The minimum Gasteiger partial charge on any atom is -0.466 e. The van der Waals surface area contributed by atoms with Crippen molar-refractivity contribution in [1.29, 1.82) is 0 Å². The molecule has 19 heavy (non-hydrogen) atoms. The zero-order valence-electron chi connectivity index (χ0n) is 11.2. The fourth-order valence-corrected chi connectivity index (χ4v) is 2.11. The number of carbonyl (C=O) groups is 1. The highest BCUT2D eigenvalue weighted by molar-refractivity contribution is 9.10. The molecule has 2 N–H and O–H groups in total. The summed E-state index contributed by atoms with van der Waals surface area (Å²) in [5.74, 6) is -0.369. The van der Waals surface area contributed by atoms with Crippen LogP contribution < -0.4 is 5.32 Å². The van der Waals surface area contributed by atoms with Crippen molar-refractivity contribution in [2.45, 2.75) is 32.4 Å². The predicted molar refractivity (Wildman–Crippen MR) is 77.8 cm³/mol. The van der Waals surface area contributed by atoms with E-state index in [-0.39, 0.29) is 18.4 Å². The number of hydrogen-bond acceptors (Lipinski definition) is 4. The Balaban J connectivity index is 2.37. The molecule has 0 amide bonds. The smallest absolute Gasteiger partial charge is 0.308 e. The van der Waals surface area contributed by atoms with Crippen LogP contribution in [-0.4, -0.2) is 30.3 Å². The summed E-state index contributed by atoms with van der Waals surface area (Å²) in [5, 5.41) is 12.9. The van der Waals surface area contributed by atoms with Gasteiger partial charge < -0.3 is 15.2 Å². The molecule has 0 spiro atoms. The fourth-order valence-electron chi connectivity index (χ4n) is 1.69. The van der Waals surface area contributed by atoms with E-state index < -0.39 is 6.10 Å². The molecule has 0 aliphatic heterocycles. The number of aliphatic hydroxyl groups is 1. The Morgan fingerprint density at radius 2 is 2.26 bits per heavy atom. The summed E-state index contributed by atoms with van der Waals surface area (Å²) in [6, 6.07) is 8.07. The van der Waals surface area contributed by atoms with Crippen molar-refractivity contribution in [3.8, 4) is 0 Å². The molecule has 1 unspecified atom stereocenters. The Morgan fingerprint density at radius 1 is 1.53 bits per heavy atom. The average Bonchev–Trinajstić information content (AvgIpc) is 2.36. The zero-order chi connectivity index (χ0) is 14.3. The number of aliphatic hydroxyl groups excluding tert-OH is 1. The Morgan fingerprint density at radius 3 is 2.89 bits per heavy atom. The Kier molecular flexibility index (Phi) is 7.05. The molecule has 0 saturated heterocycles. The lowest BCUT2D eigenvalue weighted by molar-refractivity contribution is -0.145. The highest BCUT2D eigenvalue weighted by Gasteiger charge is 2.13. The summed E-state index contributed by atoms with van der Waals surface area (Å²) < 4.78 is 5.81.